The van der Waals surface area contributed by atoms with Gasteiger partial charge in [-0.25, -0.2) is 19.5 Å². The first-order valence-electron chi connectivity index (χ1n) is 11.7. The van der Waals surface area contributed by atoms with Gasteiger partial charge in [0.2, 0.25) is 5.95 Å². The Balaban J connectivity index is 1.36. The molecule has 4 aromatic rings. The molecule has 10 heteroatoms. The van der Waals surface area contributed by atoms with E-state index in [0.717, 1.165) is 10.9 Å². The van der Waals surface area contributed by atoms with Crippen LogP contribution < -0.4 is 10.9 Å². The van der Waals surface area contributed by atoms with Crippen LogP contribution in [0.2, 0.25) is 0 Å². The van der Waals surface area contributed by atoms with Crippen LogP contribution >= 0.6 is 0 Å². The summed E-state index contributed by atoms with van der Waals surface area (Å²) in [4.78, 5) is 35.7. The molecule has 0 saturated carbocycles. The smallest absolute Gasteiger partial charge is 0.272 e. The number of ether oxygens (including phenoxy) is 1. The summed E-state index contributed by atoms with van der Waals surface area (Å²) >= 11 is 0. The van der Waals surface area contributed by atoms with Crippen molar-refractivity contribution in [1.29, 1.82) is 0 Å². The normalized spacial score (nSPS) is 13.6. The molecule has 2 aromatic carbocycles. The van der Waals surface area contributed by atoms with E-state index in [1.807, 2.05) is 26.0 Å². The fraction of sp³-hybridized carbons (Fsp3) is 0.269. The first kappa shape index (κ1) is 23.6. The Kier molecular flexibility index (Phi) is 6.43. The van der Waals surface area contributed by atoms with Crippen molar-refractivity contribution in [2.45, 2.75) is 39.6 Å². The first-order valence-corrected chi connectivity index (χ1v) is 11.7. The number of carbonyl (C=O) groups excluding carboxylic acids is 1. The summed E-state index contributed by atoms with van der Waals surface area (Å²) in [5.41, 5.74) is 2.58. The zero-order valence-electron chi connectivity index (χ0n) is 19.9. The maximum absolute atomic E-state index is 14.8. The van der Waals surface area contributed by atoms with Crippen molar-refractivity contribution < 1.29 is 13.9 Å². The molecule has 0 aliphatic carbocycles. The van der Waals surface area contributed by atoms with Crippen molar-refractivity contribution in [2.24, 2.45) is 0 Å². The minimum absolute atomic E-state index is 0.0229. The number of aromatic amines is 1. The van der Waals surface area contributed by atoms with Crippen molar-refractivity contribution in [2.75, 3.05) is 11.9 Å². The Bertz CT molecular complexity index is 1510. The fourth-order valence-corrected chi connectivity index (χ4v) is 4.36. The van der Waals surface area contributed by atoms with Gasteiger partial charge in [0.15, 0.2) is 0 Å². The van der Waals surface area contributed by atoms with Crippen LogP contribution in [0, 0.1) is 5.82 Å². The molecule has 0 bridgehead atoms. The number of nitrogens with one attached hydrogen (secondary N) is 2. The van der Waals surface area contributed by atoms with E-state index in [0.29, 0.717) is 47.9 Å². The second kappa shape index (κ2) is 9.82. The predicted molar refractivity (Wildman–Crippen MR) is 132 cm³/mol. The van der Waals surface area contributed by atoms with Crippen LogP contribution in [0.3, 0.4) is 0 Å². The zero-order chi connectivity index (χ0) is 25.2. The molecule has 1 amide bonds. The van der Waals surface area contributed by atoms with Crippen LogP contribution in [-0.2, 0) is 24.2 Å². The van der Waals surface area contributed by atoms with Gasteiger partial charge in [-0.3, -0.25) is 9.59 Å². The van der Waals surface area contributed by atoms with Crippen molar-refractivity contribution in [3.8, 4) is 0 Å². The number of aromatic nitrogens is 4. The SMILES string of the molecule is CCOC(C)Nc1ncc2c(n1)CN(C(=O)c1cc(Cc3n[nH]c(=O)c4ccccc34)ccc1F)C2. The predicted octanol–water partition coefficient (Wildman–Crippen LogP) is 3.39. The van der Waals surface area contributed by atoms with E-state index < -0.39 is 11.7 Å². The number of hydrogen-bond donors (Lipinski definition) is 2. The molecule has 2 aromatic heterocycles. The summed E-state index contributed by atoms with van der Waals surface area (Å²) in [6, 6.07) is 11.6. The maximum Gasteiger partial charge on any atom is 0.272 e. The van der Waals surface area contributed by atoms with Crippen molar-refractivity contribution >= 4 is 22.6 Å². The molecular weight excluding hydrogens is 463 g/mol. The van der Waals surface area contributed by atoms with Crippen molar-refractivity contribution in [3.63, 3.8) is 0 Å². The number of amides is 1. The second-order valence-electron chi connectivity index (χ2n) is 8.60. The highest BCUT2D eigenvalue weighted by molar-refractivity contribution is 5.95. The quantitative estimate of drug-likeness (QED) is 0.384. The fourth-order valence-electron chi connectivity index (χ4n) is 4.36. The molecular formula is C26H25FN6O3. The highest BCUT2D eigenvalue weighted by atomic mass is 19.1. The third-order valence-electron chi connectivity index (χ3n) is 6.10. The lowest BCUT2D eigenvalue weighted by molar-refractivity contribution is 0.0745. The average molecular weight is 489 g/mol. The number of benzene rings is 2. The Morgan fingerprint density at radius 2 is 2.03 bits per heavy atom. The van der Waals surface area contributed by atoms with Gasteiger partial charge in [0.05, 0.1) is 28.9 Å². The number of fused-ring (bicyclic) bond motifs is 2. The van der Waals surface area contributed by atoms with Gasteiger partial charge in [0.1, 0.15) is 12.0 Å². The second-order valence-corrected chi connectivity index (χ2v) is 8.60. The number of halogens is 1. The number of anilines is 1. The van der Waals surface area contributed by atoms with Crippen molar-refractivity contribution in [1.82, 2.24) is 25.1 Å². The summed E-state index contributed by atoms with van der Waals surface area (Å²) in [7, 11) is 0. The topological polar surface area (TPSA) is 113 Å². The van der Waals surface area contributed by atoms with Gasteiger partial charge in [-0.1, -0.05) is 24.3 Å². The monoisotopic (exact) mass is 488 g/mol. The number of rotatable bonds is 7. The third-order valence-corrected chi connectivity index (χ3v) is 6.10. The van der Waals surface area contributed by atoms with Gasteiger partial charge >= 0.3 is 0 Å². The molecule has 1 aliphatic rings. The third kappa shape index (κ3) is 4.67. The van der Waals surface area contributed by atoms with Gasteiger partial charge in [-0.05, 0) is 37.6 Å². The molecule has 3 heterocycles. The highest BCUT2D eigenvalue weighted by Crippen LogP contribution is 2.25. The molecule has 0 radical (unpaired) electrons. The molecule has 1 unspecified atom stereocenters. The van der Waals surface area contributed by atoms with Crippen LogP contribution in [-0.4, -0.2) is 43.8 Å². The van der Waals surface area contributed by atoms with Crippen LogP contribution in [0.5, 0.6) is 0 Å². The van der Waals surface area contributed by atoms with Crippen molar-refractivity contribution in [3.05, 3.63) is 92.9 Å². The molecule has 0 spiro atoms. The Labute approximate surface area is 206 Å². The van der Waals surface area contributed by atoms with E-state index in [2.05, 4.69) is 25.5 Å². The Hall–Kier alpha value is -4.18. The van der Waals surface area contributed by atoms with E-state index >= 15 is 0 Å². The molecule has 184 valence electrons. The Morgan fingerprint density at radius 3 is 2.83 bits per heavy atom. The lowest BCUT2D eigenvalue weighted by atomic mass is 10.0. The van der Waals surface area contributed by atoms with Crippen LogP contribution in [0.15, 0.2) is 53.5 Å². The van der Waals surface area contributed by atoms with E-state index in [9.17, 15) is 14.0 Å². The lowest BCUT2D eigenvalue weighted by Crippen LogP contribution is -2.26. The maximum atomic E-state index is 14.8. The molecule has 0 saturated heterocycles. The molecule has 1 aliphatic heterocycles. The number of H-pyrrole nitrogens is 1. The summed E-state index contributed by atoms with van der Waals surface area (Å²) in [5, 5.41) is 11.0. The highest BCUT2D eigenvalue weighted by Gasteiger charge is 2.28. The van der Waals surface area contributed by atoms with Crippen LogP contribution in [0.4, 0.5) is 10.3 Å². The van der Waals surface area contributed by atoms with Gasteiger partial charge in [0.25, 0.3) is 11.5 Å². The zero-order valence-corrected chi connectivity index (χ0v) is 19.9. The van der Waals surface area contributed by atoms with Gasteiger partial charge in [-0.2, -0.15) is 5.10 Å². The van der Waals surface area contributed by atoms with E-state index in [1.165, 1.54) is 6.07 Å². The van der Waals surface area contributed by atoms with Crippen LogP contribution in [0.1, 0.15) is 46.7 Å². The molecule has 2 N–H and O–H groups in total. The van der Waals surface area contributed by atoms with E-state index in [4.69, 9.17) is 4.74 Å². The van der Waals surface area contributed by atoms with Crippen LogP contribution in [0.25, 0.3) is 10.8 Å². The summed E-state index contributed by atoms with van der Waals surface area (Å²) in [6.45, 7) is 4.87. The number of carbonyl (C=O) groups is 1. The van der Waals surface area contributed by atoms with Gasteiger partial charge < -0.3 is 15.0 Å². The standard InChI is InChI=1S/C26H25FN6O3/c1-3-36-15(2)29-26-28-12-17-13-33(14-23(17)30-26)25(35)20-10-16(8-9-21(20)27)11-22-18-6-4-5-7-19(18)24(34)32-31-22/h4-10,12,15H,3,11,13-14H2,1-2H3,(H,32,34)(H,28,29,30). The lowest BCUT2D eigenvalue weighted by Gasteiger charge is -2.16. The molecule has 9 nitrogen and oxygen atoms in total. The minimum Gasteiger partial charge on any atom is -0.359 e. The largest absolute Gasteiger partial charge is 0.359 e. The van der Waals surface area contributed by atoms with Gasteiger partial charge in [0, 0.05) is 36.7 Å². The molecule has 5 rings (SSSR count). The first-order chi connectivity index (χ1) is 17.4. The minimum atomic E-state index is -0.599. The molecule has 0 fully saturated rings. The Morgan fingerprint density at radius 1 is 1.22 bits per heavy atom. The molecule has 1 atom stereocenters. The average Bonchev–Trinajstić information content (AvgIpc) is 3.30. The number of nitrogens with zero attached hydrogens (tertiary/aromatic N) is 4. The van der Waals surface area contributed by atoms with E-state index in [-0.39, 0.29) is 23.9 Å². The summed E-state index contributed by atoms with van der Waals surface area (Å²) < 4.78 is 20.2. The summed E-state index contributed by atoms with van der Waals surface area (Å²) in [6.07, 6.45) is 1.76. The summed E-state index contributed by atoms with van der Waals surface area (Å²) in [5.74, 6) is -0.611. The van der Waals surface area contributed by atoms with E-state index in [1.54, 1.807) is 35.4 Å². The van der Waals surface area contributed by atoms with Gasteiger partial charge in [-0.15, -0.1) is 0 Å². The molecule has 36 heavy (non-hydrogen) atoms. The number of hydrogen-bond acceptors (Lipinski definition) is 7.